The number of hydrogen-bond donors (Lipinski definition) is 3. The maximum atomic E-state index is 13.1. The second kappa shape index (κ2) is 75.0. The molecule has 5 atom stereocenters. The highest BCUT2D eigenvalue weighted by atomic mass is 31.2. The number of phosphoric ester groups is 2. The zero-order chi connectivity index (χ0) is 74.6. The fraction of sp³-hybridized carbons (Fsp3) is 0.735. The molecule has 0 spiro atoms. The molecule has 0 aromatic heterocycles. The van der Waals surface area contributed by atoms with Crippen LogP contribution in [-0.2, 0) is 65.4 Å². The molecule has 3 N–H and O–H groups in total. The lowest BCUT2D eigenvalue weighted by atomic mass is 10.1. The molecule has 0 aliphatic carbocycles. The van der Waals surface area contributed by atoms with Gasteiger partial charge in [-0.3, -0.25) is 37.3 Å². The summed E-state index contributed by atoms with van der Waals surface area (Å²) in [6, 6.07) is 0. The van der Waals surface area contributed by atoms with Crippen molar-refractivity contribution in [3.05, 3.63) is 109 Å². The van der Waals surface area contributed by atoms with Crippen molar-refractivity contribution >= 4 is 39.5 Å². The number of aliphatic hydroxyl groups excluding tert-OH is 1. The minimum Gasteiger partial charge on any atom is -0.462 e. The quantitative estimate of drug-likeness (QED) is 0.0169. The standard InChI is InChI=1S/C83H144O17P2/c1-5-9-13-17-21-25-29-33-35-37-38-40-42-46-48-52-56-60-64-68-81(86)94-74-79(100-83(88)70-66-62-58-54-50-44-32-28-24-20-16-12-8-4)76-98-102(91,92)96-72-77(84)71-95-101(89,90)97-75-78(99-82(87)69-65-61-57-53-49-43-31-27-23-19-15-11-7-3)73-93-80(85)67-63-59-55-51-47-45-41-39-36-34-30-26-22-18-14-10-6-2/h10,14-15,19,21-22,25-28,31-36,38,40,77-79,84H,5-9,11-13,16-18,20,23-24,29-30,37,39,41-76H2,1-4H3,(H,89,90)(H,91,92)/b14-10-,19-15-,25-21-,26-22-,31-27-,32-28-,35-33-,36-34-,40-38-. The van der Waals surface area contributed by atoms with Gasteiger partial charge in [-0.05, 0) is 148 Å². The normalized spacial score (nSPS) is 14.5. The van der Waals surface area contributed by atoms with E-state index in [0.717, 1.165) is 212 Å². The lowest BCUT2D eigenvalue weighted by Crippen LogP contribution is -2.30. The number of aliphatic hydroxyl groups is 1. The Hall–Kier alpha value is -4.28. The first-order valence-electron chi connectivity index (χ1n) is 40.1. The SMILES string of the molecule is CC/C=C\C/C=C\C/C=C\CCCCCCCCCC(=O)OCC(COP(=O)(O)OCC(O)COP(=O)(O)OCC(COC(=O)CCCCCCCC/C=C\C/C=C\C/C=C\CCCCC)OC(=O)CCCCCCC/C=C\CCCCCC)OC(=O)CCCCCCC/C=C\C/C=C\CCC. The Morgan fingerprint density at radius 1 is 0.284 bits per heavy atom. The lowest BCUT2D eigenvalue weighted by molar-refractivity contribution is -0.161. The average molecular weight is 1480 g/mol. The third-order valence-electron chi connectivity index (χ3n) is 16.7. The van der Waals surface area contributed by atoms with Crippen molar-refractivity contribution in [1.29, 1.82) is 0 Å². The van der Waals surface area contributed by atoms with Crippen LogP contribution in [0.25, 0.3) is 0 Å². The Kier molecular flexibility index (Phi) is 71.8. The van der Waals surface area contributed by atoms with Crippen molar-refractivity contribution in [1.82, 2.24) is 0 Å². The molecule has 102 heavy (non-hydrogen) atoms. The summed E-state index contributed by atoms with van der Waals surface area (Å²) in [4.78, 5) is 73.0. The summed E-state index contributed by atoms with van der Waals surface area (Å²) in [5.41, 5.74) is 0. The molecule has 17 nitrogen and oxygen atoms in total. The summed E-state index contributed by atoms with van der Waals surface area (Å²) in [6.07, 6.45) is 80.6. The van der Waals surface area contributed by atoms with E-state index < -0.39 is 97.5 Å². The molecule has 0 fully saturated rings. The van der Waals surface area contributed by atoms with Gasteiger partial charge in [0.25, 0.3) is 0 Å². The van der Waals surface area contributed by atoms with Crippen LogP contribution in [0.2, 0.25) is 0 Å². The van der Waals surface area contributed by atoms with Gasteiger partial charge in [-0.1, -0.05) is 272 Å². The van der Waals surface area contributed by atoms with Gasteiger partial charge >= 0.3 is 39.5 Å². The van der Waals surface area contributed by atoms with Crippen molar-refractivity contribution in [2.45, 2.75) is 354 Å². The van der Waals surface area contributed by atoms with Crippen LogP contribution in [-0.4, -0.2) is 96.7 Å². The van der Waals surface area contributed by atoms with Crippen LogP contribution in [0.15, 0.2) is 109 Å². The number of carbonyl (C=O) groups is 4. The molecule has 0 heterocycles. The summed E-state index contributed by atoms with van der Waals surface area (Å²) in [5.74, 6) is -2.21. The van der Waals surface area contributed by atoms with Gasteiger partial charge in [-0.2, -0.15) is 0 Å². The molecule has 0 saturated carbocycles. The predicted molar refractivity (Wildman–Crippen MR) is 418 cm³/mol. The largest absolute Gasteiger partial charge is 0.472 e. The molecule has 0 bridgehead atoms. The van der Waals surface area contributed by atoms with Crippen LogP contribution in [0.5, 0.6) is 0 Å². The molecule has 588 valence electrons. The molecule has 19 heteroatoms. The zero-order valence-corrected chi connectivity index (χ0v) is 66.0. The topological polar surface area (TPSA) is 237 Å². The second-order valence-corrected chi connectivity index (χ2v) is 29.5. The summed E-state index contributed by atoms with van der Waals surface area (Å²) in [7, 11) is -9.96. The Morgan fingerprint density at radius 3 is 0.853 bits per heavy atom. The Balaban J connectivity index is 5.34. The zero-order valence-electron chi connectivity index (χ0n) is 64.3. The van der Waals surface area contributed by atoms with Crippen LogP contribution in [0.3, 0.4) is 0 Å². The highest BCUT2D eigenvalue weighted by Crippen LogP contribution is 2.45. The van der Waals surface area contributed by atoms with Gasteiger partial charge in [0.1, 0.15) is 19.3 Å². The molecule has 0 radical (unpaired) electrons. The molecule has 0 rings (SSSR count). The van der Waals surface area contributed by atoms with Crippen molar-refractivity contribution in [3.63, 3.8) is 0 Å². The fourth-order valence-electron chi connectivity index (χ4n) is 10.6. The predicted octanol–water partition coefficient (Wildman–Crippen LogP) is 23.3. The van der Waals surface area contributed by atoms with E-state index in [0.29, 0.717) is 25.7 Å². The molecular weight excluding hydrogens is 1330 g/mol. The van der Waals surface area contributed by atoms with Gasteiger partial charge in [0.15, 0.2) is 12.2 Å². The lowest BCUT2D eigenvalue weighted by Gasteiger charge is -2.21. The third-order valence-corrected chi connectivity index (χ3v) is 18.6. The monoisotopic (exact) mass is 1470 g/mol. The van der Waals surface area contributed by atoms with Gasteiger partial charge < -0.3 is 33.8 Å². The molecule has 0 saturated heterocycles. The maximum Gasteiger partial charge on any atom is 0.472 e. The Morgan fingerprint density at radius 2 is 0.529 bits per heavy atom. The van der Waals surface area contributed by atoms with E-state index in [2.05, 4.69) is 137 Å². The number of rotatable bonds is 75. The number of unbranched alkanes of at least 4 members (excludes halogenated alkanes) is 31. The molecule has 5 unspecified atom stereocenters. The molecule has 0 aromatic rings. The maximum absolute atomic E-state index is 13.1. The number of phosphoric acid groups is 2. The molecular formula is C83H144O17P2. The van der Waals surface area contributed by atoms with Crippen LogP contribution in [0, 0.1) is 0 Å². The minimum atomic E-state index is -4.98. The first-order chi connectivity index (χ1) is 49.7. The van der Waals surface area contributed by atoms with Crippen LogP contribution in [0.4, 0.5) is 0 Å². The average Bonchev–Trinajstić information content (AvgIpc) is 0.907. The van der Waals surface area contributed by atoms with Crippen molar-refractivity contribution in [3.8, 4) is 0 Å². The molecule has 0 aliphatic heterocycles. The van der Waals surface area contributed by atoms with E-state index in [1.54, 1.807) is 0 Å². The van der Waals surface area contributed by atoms with Crippen molar-refractivity contribution < 1.29 is 80.2 Å². The number of hydrogen-bond acceptors (Lipinski definition) is 15. The second-order valence-electron chi connectivity index (χ2n) is 26.6. The molecule has 0 amide bonds. The van der Waals surface area contributed by atoms with Gasteiger partial charge in [-0.15, -0.1) is 0 Å². The number of carbonyl (C=O) groups excluding carboxylic acids is 4. The minimum absolute atomic E-state index is 0.0754. The van der Waals surface area contributed by atoms with E-state index in [9.17, 15) is 43.2 Å². The third kappa shape index (κ3) is 74.0. The highest BCUT2D eigenvalue weighted by molar-refractivity contribution is 7.47. The molecule has 0 aromatic carbocycles. The van der Waals surface area contributed by atoms with Gasteiger partial charge in [0.2, 0.25) is 0 Å². The summed E-state index contributed by atoms with van der Waals surface area (Å²) < 4.78 is 68.6. The fourth-order valence-corrected chi connectivity index (χ4v) is 12.1. The molecule has 0 aliphatic rings. The van der Waals surface area contributed by atoms with Crippen molar-refractivity contribution in [2.75, 3.05) is 39.6 Å². The number of esters is 4. The Bertz CT molecular complexity index is 2360. The summed E-state index contributed by atoms with van der Waals surface area (Å²) >= 11 is 0. The van der Waals surface area contributed by atoms with E-state index in [-0.39, 0.29) is 25.7 Å². The van der Waals surface area contributed by atoms with Crippen LogP contribution in [0.1, 0.15) is 336 Å². The number of ether oxygens (including phenoxy) is 4. The smallest absolute Gasteiger partial charge is 0.462 e. The summed E-state index contributed by atoms with van der Waals surface area (Å²) in [5, 5.41) is 10.6. The van der Waals surface area contributed by atoms with E-state index in [1.807, 2.05) is 0 Å². The van der Waals surface area contributed by atoms with E-state index in [4.69, 9.17) is 37.0 Å². The van der Waals surface area contributed by atoms with Crippen molar-refractivity contribution in [2.24, 2.45) is 0 Å². The van der Waals surface area contributed by atoms with E-state index >= 15 is 0 Å². The van der Waals surface area contributed by atoms with Crippen LogP contribution >= 0.6 is 15.6 Å². The Labute approximate surface area is 619 Å². The first-order valence-corrected chi connectivity index (χ1v) is 43.1. The van der Waals surface area contributed by atoms with Crippen LogP contribution < -0.4 is 0 Å². The highest BCUT2D eigenvalue weighted by Gasteiger charge is 2.30. The van der Waals surface area contributed by atoms with Gasteiger partial charge in [0.05, 0.1) is 26.4 Å². The number of allylic oxidation sites excluding steroid dienone is 18. The first kappa shape index (κ1) is 97.7. The van der Waals surface area contributed by atoms with E-state index in [1.165, 1.54) is 44.9 Å². The van der Waals surface area contributed by atoms with Gasteiger partial charge in [0, 0.05) is 25.7 Å². The summed E-state index contributed by atoms with van der Waals surface area (Å²) in [6.45, 7) is 4.64. The van der Waals surface area contributed by atoms with Gasteiger partial charge in [-0.25, -0.2) is 9.13 Å².